The number of nitrogens with zero attached hydrogens (tertiary/aromatic N) is 1. The van der Waals surface area contributed by atoms with Crippen molar-refractivity contribution < 1.29 is 14.0 Å². The fourth-order valence-corrected chi connectivity index (χ4v) is 4.87. The molecule has 0 unspecified atom stereocenters. The summed E-state index contributed by atoms with van der Waals surface area (Å²) in [6.45, 7) is 0.545. The second kappa shape index (κ2) is 8.07. The number of benzene rings is 1. The van der Waals surface area contributed by atoms with Crippen molar-refractivity contribution in [1.29, 1.82) is 0 Å². The van der Waals surface area contributed by atoms with Gasteiger partial charge in [0.2, 0.25) is 0 Å². The summed E-state index contributed by atoms with van der Waals surface area (Å²) in [4.78, 5) is 26.8. The molecule has 1 saturated carbocycles. The molecule has 2 heterocycles. The lowest BCUT2D eigenvalue weighted by molar-refractivity contribution is -0.123. The standard InChI is InChI=1S/C21H20BrNO3S/c22-16-8-4-7-15(11-16)18-10-9-17(26-18)12-19-20(24)23(21(25)27-19)13-14-5-2-1-3-6-14/h4,7-12,14H,1-3,5-6,13H2/b19-12+. The number of imide groups is 1. The average molecular weight is 446 g/mol. The van der Waals surface area contributed by atoms with Gasteiger partial charge in [-0.3, -0.25) is 14.5 Å². The number of thioether (sulfide) groups is 1. The Morgan fingerprint density at radius 3 is 2.74 bits per heavy atom. The molecule has 4 nitrogen and oxygen atoms in total. The van der Waals surface area contributed by atoms with Gasteiger partial charge < -0.3 is 4.42 Å². The summed E-state index contributed by atoms with van der Waals surface area (Å²) < 4.78 is 6.84. The highest BCUT2D eigenvalue weighted by Gasteiger charge is 2.36. The van der Waals surface area contributed by atoms with Gasteiger partial charge in [-0.15, -0.1) is 0 Å². The van der Waals surface area contributed by atoms with Crippen molar-refractivity contribution >= 4 is 44.9 Å². The fourth-order valence-electron chi connectivity index (χ4n) is 3.64. The number of furan rings is 1. The van der Waals surface area contributed by atoms with Crippen LogP contribution in [0, 0.1) is 5.92 Å². The smallest absolute Gasteiger partial charge is 0.293 e. The van der Waals surface area contributed by atoms with Crippen LogP contribution in [0.4, 0.5) is 4.79 Å². The molecule has 6 heteroatoms. The normalized spacial score (nSPS) is 20.0. The molecule has 0 radical (unpaired) electrons. The zero-order chi connectivity index (χ0) is 18.8. The van der Waals surface area contributed by atoms with Gasteiger partial charge in [0.25, 0.3) is 11.1 Å². The summed E-state index contributed by atoms with van der Waals surface area (Å²) in [5, 5.41) is -0.171. The molecule has 0 spiro atoms. The molecule has 27 heavy (non-hydrogen) atoms. The lowest BCUT2D eigenvalue weighted by Gasteiger charge is -2.25. The summed E-state index contributed by atoms with van der Waals surface area (Å²) in [5.74, 6) is 1.55. The van der Waals surface area contributed by atoms with E-state index in [1.807, 2.05) is 36.4 Å². The molecule has 0 bridgehead atoms. The fraction of sp³-hybridized carbons (Fsp3) is 0.333. The number of hydrogen-bond acceptors (Lipinski definition) is 4. The second-order valence-corrected chi connectivity index (χ2v) is 8.92. The molecule has 2 aromatic rings. The molecule has 1 aliphatic heterocycles. The number of carbonyl (C=O) groups is 2. The minimum absolute atomic E-state index is 0.171. The minimum atomic E-state index is -0.198. The third kappa shape index (κ3) is 4.22. The number of carbonyl (C=O) groups excluding carboxylic acids is 2. The van der Waals surface area contributed by atoms with E-state index in [1.165, 1.54) is 24.2 Å². The Hall–Kier alpha value is -1.79. The van der Waals surface area contributed by atoms with Crippen molar-refractivity contribution in [2.75, 3.05) is 6.54 Å². The maximum atomic E-state index is 12.7. The Morgan fingerprint density at radius 2 is 1.96 bits per heavy atom. The molecule has 1 saturated heterocycles. The molecule has 1 aromatic carbocycles. The average Bonchev–Trinajstić information content (AvgIpc) is 3.23. The quantitative estimate of drug-likeness (QED) is 0.516. The molecule has 2 fully saturated rings. The van der Waals surface area contributed by atoms with Crippen LogP contribution in [0.5, 0.6) is 0 Å². The van der Waals surface area contributed by atoms with Gasteiger partial charge in [-0.1, -0.05) is 47.3 Å². The first-order valence-electron chi connectivity index (χ1n) is 9.21. The van der Waals surface area contributed by atoms with Gasteiger partial charge in [0, 0.05) is 22.7 Å². The summed E-state index contributed by atoms with van der Waals surface area (Å²) in [6, 6.07) is 11.5. The van der Waals surface area contributed by atoms with E-state index in [0.717, 1.165) is 40.4 Å². The summed E-state index contributed by atoms with van der Waals surface area (Å²) in [6.07, 6.45) is 7.54. The monoisotopic (exact) mass is 445 g/mol. The van der Waals surface area contributed by atoms with Gasteiger partial charge in [0.1, 0.15) is 11.5 Å². The Morgan fingerprint density at radius 1 is 1.15 bits per heavy atom. The minimum Gasteiger partial charge on any atom is -0.457 e. The van der Waals surface area contributed by atoms with E-state index in [1.54, 1.807) is 6.08 Å². The van der Waals surface area contributed by atoms with E-state index < -0.39 is 0 Å². The van der Waals surface area contributed by atoms with Crippen molar-refractivity contribution in [2.24, 2.45) is 5.92 Å². The van der Waals surface area contributed by atoms with Crippen LogP contribution in [-0.4, -0.2) is 22.6 Å². The molecule has 2 amide bonds. The molecule has 2 aliphatic rings. The van der Waals surface area contributed by atoms with E-state index in [0.29, 0.717) is 23.1 Å². The number of rotatable bonds is 4. The zero-order valence-electron chi connectivity index (χ0n) is 14.8. The lowest BCUT2D eigenvalue weighted by Crippen LogP contribution is -2.34. The molecule has 4 rings (SSSR count). The third-order valence-corrected chi connectivity index (χ3v) is 6.45. The van der Waals surface area contributed by atoms with Crippen LogP contribution < -0.4 is 0 Å². The van der Waals surface area contributed by atoms with E-state index in [4.69, 9.17) is 4.42 Å². The zero-order valence-corrected chi connectivity index (χ0v) is 17.2. The van der Waals surface area contributed by atoms with Gasteiger partial charge in [-0.25, -0.2) is 0 Å². The number of hydrogen-bond donors (Lipinski definition) is 0. The molecule has 0 N–H and O–H groups in total. The molecular weight excluding hydrogens is 426 g/mol. The first-order valence-corrected chi connectivity index (χ1v) is 10.8. The van der Waals surface area contributed by atoms with Crippen LogP contribution in [0.3, 0.4) is 0 Å². The SMILES string of the molecule is O=C1S/C(=C/c2ccc(-c3cccc(Br)c3)o2)C(=O)N1CC1CCCCC1. The van der Waals surface area contributed by atoms with Crippen molar-refractivity contribution in [1.82, 2.24) is 4.90 Å². The molecule has 1 aromatic heterocycles. The van der Waals surface area contributed by atoms with Gasteiger partial charge in [-0.2, -0.15) is 0 Å². The second-order valence-electron chi connectivity index (χ2n) is 7.01. The van der Waals surface area contributed by atoms with Crippen LogP contribution in [0.2, 0.25) is 0 Å². The molecular formula is C21H20BrNO3S. The van der Waals surface area contributed by atoms with Crippen molar-refractivity contribution in [3.63, 3.8) is 0 Å². The Bertz CT molecular complexity index is 898. The Labute approximate surface area is 171 Å². The molecule has 1 aliphatic carbocycles. The Kier molecular flexibility index (Phi) is 5.55. The Balaban J connectivity index is 1.49. The topological polar surface area (TPSA) is 50.5 Å². The van der Waals surface area contributed by atoms with Gasteiger partial charge >= 0.3 is 0 Å². The maximum absolute atomic E-state index is 12.7. The molecule has 140 valence electrons. The first-order chi connectivity index (χ1) is 13.1. The highest BCUT2D eigenvalue weighted by Crippen LogP contribution is 2.35. The maximum Gasteiger partial charge on any atom is 0.293 e. The van der Waals surface area contributed by atoms with Crippen molar-refractivity contribution in [3.8, 4) is 11.3 Å². The number of halogens is 1. The predicted octanol–water partition coefficient (Wildman–Crippen LogP) is 6.33. The van der Waals surface area contributed by atoms with Gasteiger partial charge in [-0.05, 0) is 54.8 Å². The summed E-state index contributed by atoms with van der Waals surface area (Å²) >= 11 is 4.46. The summed E-state index contributed by atoms with van der Waals surface area (Å²) in [7, 11) is 0. The number of amides is 2. The predicted molar refractivity (Wildman–Crippen MR) is 111 cm³/mol. The van der Waals surface area contributed by atoms with Crippen LogP contribution in [-0.2, 0) is 4.79 Å². The van der Waals surface area contributed by atoms with Crippen LogP contribution >= 0.6 is 27.7 Å². The van der Waals surface area contributed by atoms with Crippen molar-refractivity contribution in [2.45, 2.75) is 32.1 Å². The van der Waals surface area contributed by atoms with Crippen LogP contribution in [0.1, 0.15) is 37.9 Å². The first kappa shape index (κ1) is 18.6. The van der Waals surface area contributed by atoms with Crippen molar-refractivity contribution in [3.05, 3.63) is 51.5 Å². The van der Waals surface area contributed by atoms with Crippen LogP contribution in [0.15, 0.2) is 50.2 Å². The highest BCUT2D eigenvalue weighted by atomic mass is 79.9. The largest absolute Gasteiger partial charge is 0.457 e. The van der Waals surface area contributed by atoms with E-state index in [2.05, 4.69) is 15.9 Å². The summed E-state index contributed by atoms with van der Waals surface area (Å²) in [5.41, 5.74) is 0.953. The van der Waals surface area contributed by atoms with E-state index in [-0.39, 0.29) is 11.1 Å². The third-order valence-electron chi connectivity index (χ3n) is 5.05. The van der Waals surface area contributed by atoms with Gasteiger partial charge in [0.15, 0.2) is 0 Å². The van der Waals surface area contributed by atoms with E-state index in [9.17, 15) is 9.59 Å². The van der Waals surface area contributed by atoms with Gasteiger partial charge in [0.05, 0.1) is 4.91 Å². The highest BCUT2D eigenvalue weighted by molar-refractivity contribution is 9.10. The molecule has 0 atom stereocenters. The van der Waals surface area contributed by atoms with E-state index >= 15 is 0 Å². The lowest BCUT2D eigenvalue weighted by atomic mass is 9.89. The van der Waals surface area contributed by atoms with Crippen LogP contribution in [0.25, 0.3) is 17.4 Å².